The second-order valence-electron chi connectivity index (χ2n) is 6.87. The van der Waals surface area contributed by atoms with Gasteiger partial charge in [0.1, 0.15) is 5.75 Å². The van der Waals surface area contributed by atoms with Gasteiger partial charge in [-0.15, -0.1) is 0 Å². The lowest BCUT2D eigenvalue weighted by Crippen LogP contribution is -2.11. The van der Waals surface area contributed by atoms with Crippen molar-refractivity contribution in [3.63, 3.8) is 0 Å². The maximum absolute atomic E-state index is 12.5. The second kappa shape index (κ2) is 8.24. The maximum atomic E-state index is 12.5. The van der Waals surface area contributed by atoms with Crippen LogP contribution in [0.1, 0.15) is 10.4 Å². The molecule has 0 spiro atoms. The van der Waals surface area contributed by atoms with Gasteiger partial charge in [0.25, 0.3) is 11.8 Å². The van der Waals surface area contributed by atoms with Crippen molar-refractivity contribution in [2.24, 2.45) is 0 Å². The summed E-state index contributed by atoms with van der Waals surface area (Å²) < 4.78 is 21.3. The van der Waals surface area contributed by atoms with E-state index in [4.69, 9.17) is 30.3 Å². The van der Waals surface area contributed by atoms with Gasteiger partial charge in [0.05, 0.1) is 12.7 Å². The largest absolute Gasteiger partial charge is 0.496 e. The lowest BCUT2D eigenvalue weighted by Gasteiger charge is -2.06. The first kappa shape index (κ1) is 19.9. The molecule has 32 heavy (non-hydrogen) atoms. The fraction of sp³-hybridized carbons (Fsp3) is 0.0870. The Hall–Kier alpha value is -4.04. The first-order valence-electron chi connectivity index (χ1n) is 9.60. The third kappa shape index (κ3) is 3.83. The van der Waals surface area contributed by atoms with Crippen LogP contribution in [-0.4, -0.2) is 30.0 Å². The molecule has 160 valence electrons. The molecule has 5 rings (SSSR count). The molecule has 0 bridgehead atoms. The van der Waals surface area contributed by atoms with Crippen LogP contribution in [0.3, 0.4) is 0 Å². The Balaban J connectivity index is 1.32. The van der Waals surface area contributed by atoms with E-state index in [0.717, 1.165) is 5.56 Å². The molecule has 1 amide bonds. The summed E-state index contributed by atoms with van der Waals surface area (Å²) in [5.41, 5.74) is 2.42. The molecule has 1 aliphatic heterocycles. The molecule has 8 nitrogen and oxygen atoms in total. The predicted molar refractivity (Wildman–Crippen MR) is 117 cm³/mol. The standard InChI is InChI=1S/C23H16ClN3O5/c1-29-18-9-5-15(24)11-17(18)23-26-21(27-32-23)13-2-6-16(7-3-13)25-22(28)14-4-8-19-20(10-14)31-12-30-19/h2-11H,12H2,1H3,(H,25,28). The SMILES string of the molecule is COc1ccc(Cl)cc1-c1nc(-c2ccc(NC(=O)c3ccc4c(c3)OCO4)cc2)no1. The molecule has 1 N–H and O–H groups in total. The van der Waals surface area contributed by atoms with Gasteiger partial charge in [-0.3, -0.25) is 4.79 Å². The van der Waals surface area contributed by atoms with Gasteiger partial charge in [-0.05, 0) is 60.7 Å². The number of nitrogens with one attached hydrogen (secondary N) is 1. The van der Waals surface area contributed by atoms with E-state index in [1.54, 1.807) is 67.8 Å². The molecule has 2 heterocycles. The van der Waals surface area contributed by atoms with E-state index in [1.165, 1.54) is 0 Å². The number of benzene rings is 3. The van der Waals surface area contributed by atoms with Crippen molar-refractivity contribution in [1.29, 1.82) is 0 Å². The van der Waals surface area contributed by atoms with Crippen LogP contribution >= 0.6 is 11.6 Å². The van der Waals surface area contributed by atoms with Crippen LogP contribution in [0.2, 0.25) is 5.02 Å². The monoisotopic (exact) mass is 449 g/mol. The van der Waals surface area contributed by atoms with E-state index in [0.29, 0.717) is 50.8 Å². The zero-order valence-corrected chi connectivity index (χ0v) is 17.6. The third-order valence-corrected chi connectivity index (χ3v) is 5.09. The number of rotatable bonds is 5. The van der Waals surface area contributed by atoms with Crippen molar-refractivity contribution in [3.05, 3.63) is 71.2 Å². The molecule has 0 aliphatic carbocycles. The fourth-order valence-electron chi connectivity index (χ4n) is 3.24. The predicted octanol–water partition coefficient (Wildman–Crippen LogP) is 5.05. The molecule has 0 atom stereocenters. The van der Waals surface area contributed by atoms with E-state index >= 15 is 0 Å². The lowest BCUT2D eigenvalue weighted by molar-refractivity contribution is 0.102. The topological polar surface area (TPSA) is 95.7 Å². The quantitative estimate of drug-likeness (QED) is 0.455. The van der Waals surface area contributed by atoms with Gasteiger partial charge < -0.3 is 24.1 Å². The summed E-state index contributed by atoms with van der Waals surface area (Å²) in [4.78, 5) is 17.0. The summed E-state index contributed by atoms with van der Waals surface area (Å²) in [6.07, 6.45) is 0. The smallest absolute Gasteiger partial charge is 0.262 e. The summed E-state index contributed by atoms with van der Waals surface area (Å²) in [5, 5.41) is 7.42. The Labute approximate surface area is 187 Å². The molecule has 9 heteroatoms. The second-order valence-corrected chi connectivity index (χ2v) is 7.30. The van der Waals surface area contributed by atoms with Crippen LogP contribution in [-0.2, 0) is 0 Å². The molecule has 0 fully saturated rings. The molecule has 3 aromatic carbocycles. The van der Waals surface area contributed by atoms with Crippen LogP contribution in [0.25, 0.3) is 22.8 Å². The first-order valence-corrected chi connectivity index (χ1v) is 9.97. The van der Waals surface area contributed by atoms with E-state index in [-0.39, 0.29) is 12.7 Å². The number of aromatic nitrogens is 2. The summed E-state index contributed by atoms with van der Waals surface area (Å²) in [7, 11) is 1.56. The number of carbonyl (C=O) groups is 1. The Morgan fingerprint density at radius 2 is 1.84 bits per heavy atom. The van der Waals surface area contributed by atoms with Gasteiger partial charge in [0, 0.05) is 21.8 Å². The van der Waals surface area contributed by atoms with Gasteiger partial charge in [-0.1, -0.05) is 16.8 Å². The van der Waals surface area contributed by atoms with Gasteiger partial charge in [0.15, 0.2) is 11.5 Å². The van der Waals surface area contributed by atoms with Crippen molar-refractivity contribution < 1.29 is 23.5 Å². The number of methoxy groups -OCH3 is 1. The number of ether oxygens (including phenoxy) is 3. The van der Waals surface area contributed by atoms with Crippen LogP contribution < -0.4 is 19.5 Å². The number of fused-ring (bicyclic) bond motifs is 1. The van der Waals surface area contributed by atoms with Gasteiger partial charge in [0.2, 0.25) is 12.6 Å². The first-order chi connectivity index (χ1) is 15.6. The van der Waals surface area contributed by atoms with Crippen LogP contribution in [0.15, 0.2) is 65.2 Å². The highest BCUT2D eigenvalue weighted by molar-refractivity contribution is 6.30. The summed E-state index contributed by atoms with van der Waals surface area (Å²) >= 11 is 6.09. The minimum atomic E-state index is -0.258. The number of anilines is 1. The van der Waals surface area contributed by atoms with Crippen LogP contribution in [0, 0.1) is 0 Å². The minimum absolute atomic E-state index is 0.157. The van der Waals surface area contributed by atoms with Crippen molar-refractivity contribution in [1.82, 2.24) is 10.1 Å². The highest BCUT2D eigenvalue weighted by Crippen LogP contribution is 2.34. The Kier molecular flexibility index (Phi) is 5.12. The van der Waals surface area contributed by atoms with E-state index in [9.17, 15) is 4.79 Å². The van der Waals surface area contributed by atoms with E-state index < -0.39 is 0 Å². The lowest BCUT2D eigenvalue weighted by atomic mass is 10.1. The molecule has 0 saturated carbocycles. The average Bonchev–Trinajstić information content (AvgIpc) is 3.49. The zero-order valence-electron chi connectivity index (χ0n) is 16.8. The van der Waals surface area contributed by atoms with Crippen molar-refractivity contribution in [2.45, 2.75) is 0 Å². The molecule has 0 saturated heterocycles. The minimum Gasteiger partial charge on any atom is -0.496 e. The maximum Gasteiger partial charge on any atom is 0.262 e. The molecule has 1 aliphatic rings. The van der Waals surface area contributed by atoms with Gasteiger partial charge >= 0.3 is 0 Å². The van der Waals surface area contributed by atoms with Crippen molar-refractivity contribution in [3.8, 4) is 40.1 Å². The number of carbonyl (C=O) groups excluding carboxylic acids is 1. The Bertz CT molecular complexity index is 1300. The zero-order chi connectivity index (χ0) is 22.1. The van der Waals surface area contributed by atoms with Crippen molar-refractivity contribution >= 4 is 23.2 Å². The number of nitrogens with zero attached hydrogens (tertiary/aromatic N) is 2. The average molecular weight is 450 g/mol. The highest BCUT2D eigenvalue weighted by atomic mass is 35.5. The third-order valence-electron chi connectivity index (χ3n) is 4.85. The highest BCUT2D eigenvalue weighted by Gasteiger charge is 2.17. The van der Waals surface area contributed by atoms with Crippen LogP contribution in [0.4, 0.5) is 5.69 Å². The van der Waals surface area contributed by atoms with E-state index in [2.05, 4.69) is 15.5 Å². The molecule has 1 aromatic heterocycles. The fourth-order valence-corrected chi connectivity index (χ4v) is 3.41. The molecule has 0 radical (unpaired) electrons. The normalized spacial score (nSPS) is 11.9. The number of hydrogen-bond donors (Lipinski definition) is 1. The van der Waals surface area contributed by atoms with Crippen LogP contribution in [0.5, 0.6) is 17.2 Å². The molecule has 0 unspecified atom stereocenters. The Morgan fingerprint density at radius 3 is 2.66 bits per heavy atom. The molecule has 4 aromatic rings. The Morgan fingerprint density at radius 1 is 1.03 bits per heavy atom. The summed E-state index contributed by atoms with van der Waals surface area (Å²) in [6.45, 7) is 0.157. The molecular weight excluding hydrogens is 434 g/mol. The summed E-state index contributed by atoms with van der Waals surface area (Å²) in [5.74, 6) is 2.19. The van der Waals surface area contributed by atoms with E-state index in [1.807, 2.05) is 0 Å². The number of halogens is 1. The van der Waals surface area contributed by atoms with Gasteiger partial charge in [-0.25, -0.2) is 0 Å². The van der Waals surface area contributed by atoms with Crippen molar-refractivity contribution in [2.75, 3.05) is 19.2 Å². The van der Waals surface area contributed by atoms with Gasteiger partial charge in [-0.2, -0.15) is 4.98 Å². The number of hydrogen-bond acceptors (Lipinski definition) is 7. The number of amides is 1. The summed E-state index contributed by atoms with van der Waals surface area (Å²) in [6, 6.07) is 17.3. The molecular formula is C23H16ClN3O5.